The molecule has 0 radical (unpaired) electrons. The van der Waals surface area contributed by atoms with Crippen LogP contribution in [-0.4, -0.2) is 10.8 Å². The monoisotopic (exact) mass is 421 g/mol. The van der Waals surface area contributed by atoms with Crippen LogP contribution in [0.4, 0.5) is 0 Å². The Hall–Kier alpha value is -2.55. The zero-order valence-electron chi connectivity index (χ0n) is 16.3. The van der Waals surface area contributed by atoms with Crippen LogP contribution in [0.2, 0.25) is 10.0 Å². The number of allylic oxidation sites excluding steroid dienone is 1. The van der Waals surface area contributed by atoms with Crippen molar-refractivity contribution in [1.29, 1.82) is 0 Å². The van der Waals surface area contributed by atoms with Crippen LogP contribution < -0.4 is 0 Å². The summed E-state index contributed by atoms with van der Waals surface area (Å²) >= 11 is 12.2. The van der Waals surface area contributed by atoms with E-state index in [0.29, 0.717) is 10.0 Å². The van der Waals surface area contributed by atoms with Crippen molar-refractivity contribution in [2.24, 2.45) is 0 Å². The van der Waals surface area contributed by atoms with Crippen molar-refractivity contribution >= 4 is 34.7 Å². The second-order valence-electron chi connectivity index (χ2n) is 7.48. The minimum atomic E-state index is -0.181. The van der Waals surface area contributed by atoms with Crippen LogP contribution in [-0.2, 0) is 0 Å². The summed E-state index contributed by atoms with van der Waals surface area (Å²) in [7, 11) is 0. The molecule has 2 atom stereocenters. The van der Waals surface area contributed by atoms with Crippen LogP contribution in [0.3, 0.4) is 0 Å². The van der Waals surface area contributed by atoms with E-state index >= 15 is 0 Å². The Bertz CT molecular complexity index is 1090. The Morgan fingerprint density at radius 1 is 0.966 bits per heavy atom. The van der Waals surface area contributed by atoms with Gasteiger partial charge in [0.25, 0.3) is 5.91 Å². The van der Waals surface area contributed by atoms with E-state index in [1.165, 1.54) is 0 Å². The number of hydrogen-bond acceptors (Lipinski definition) is 1. The fraction of sp³-hybridized carbons (Fsp3) is 0.160. The number of benzene rings is 3. The Kier molecular flexibility index (Phi) is 5.24. The van der Waals surface area contributed by atoms with Gasteiger partial charge in [-0.15, -0.1) is 0 Å². The van der Waals surface area contributed by atoms with Crippen molar-refractivity contribution in [3.63, 3.8) is 0 Å². The number of carbonyl (C=O) groups excluding carboxylic acids is 1. The molecule has 3 aromatic carbocycles. The highest BCUT2D eigenvalue weighted by atomic mass is 35.5. The van der Waals surface area contributed by atoms with E-state index < -0.39 is 0 Å². The highest BCUT2D eigenvalue weighted by Crippen LogP contribution is 2.44. The molecule has 0 spiro atoms. The first kappa shape index (κ1) is 19.8. The quantitative estimate of drug-likeness (QED) is 0.431. The third-order valence-electron chi connectivity index (χ3n) is 5.54. The Balaban J connectivity index is 1.85. The number of halogens is 2. The molecule has 4 rings (SSSR count). The molecule has 0 aliphatic carbocycles. The van der Waals surface area contributed by atoms with Crippen LogP contribution >= 0.6 is 23.2 Å². The third-order valence-corrected chi connectivity index (χ3v) is 6.04. The number of carbonyl (C=O) groups is 1. The molecule has 1 amide bonds. The lowest BCUT2D eigenvalue weighted by Gasteiger charge is -2.32. The minimum absolute atomic E-state index is 0.0190. The number of nitrogens with zero attached hydrogens (tertiary/aromatic N) is 1. The second-order valence-corrected chi connectivity index (χ2v) is 8.35. The minimum Gasteiger partial charge on any atom is -0.321 e. The van der Waals surface area contributed by atoms with Crippen molar-refractivity contribution < 1.29 is 4.79 Å². The zero-order chi connectivity index (χ0) is 20.7. The predicted octanol–water partition coefficient (Wildman–Crippen LogP) is 7.33. The summed E-state index contributed by atoms with van der Waals surface area (Å²) in [6.45, 7) is 8.02. The lowest BCUT2D eigenvalue weighted by Crippen LogP contribution is -2.31. The standard InChI is InChI=1S/C25H21Cl2NO/c1-15(2)19-8-13-22-23(14-19)25(29)28(16(3)17-4-9-20(26)10-5-17)24(22)18-6-11-21(27)12-7-18/h4-14,16,24H,1H2,2-3H3/t16-,24-/m0/s1. The maximum atomic E-state index is 13.5. The van der Waals surface area contributed by atoms with E-state index in [2.05, 4.69) is 13.5 Å². The molecule has 1 heterocycles. The van der Waals surface area contributed by atoms with Gasteiger partial charge in [0.1, 0.15) is 0 Å². The summed E-state index contributed by atoms with van der Waals surface area (Å²) in [6.07, 6.45) is 0. The summed E-state index contributed by atoms with van der Waals surface area (Å²) < 4.78 is 0. The third kappa shape index (κ3) is 3.59. The van der Waals surface area contributed by atoms with E-state index in [1.807, 2.05) is 78.6 Å². The summed E-state index contributed by atoms with van der Waals surface area (Å²) in [5.74, 6) is 0.0190. The fourth-order valence-electron chi connectivity index (χ4n) is 3.94. The summed E-state index contributed by atoms with van der Waals surface area (Å²) in [4.78, 5) is 15.5. The molecule has 2 nitrogen and oxygen atoms in total. The molecule has 0 saturated carbocycles. The molecule has 4 heteroatoms. The molecule has 29 heavy (non-hydrogen) atoms. The maximum absolute atomic E-state index is 13.5. The van der Waals surface area contributed by atoms with Crippen LogP contribution in [0.15, 0.2) is 73.3 Å². The van der Waals surface area contributed by atoms with Gasteiger partial charge in [-0.2, -0.15) is 0 Å². The molecule has 0 N–H and O–H groups in total. The second kappa shape index (κ2) is 7.70. The smallest absolute Gasteiger partial charge is 0.255 e. The molecule has 146 valence electrons. The first-order chi connectivity index (χ1) is 13.9. The van der Waals surface area contributed by atoms with Gasteiger partial charge in [-0.3, -0.25) is 4.79 Å². The van der Waals surface area contributed by atoms with Crippen LogP contribution in [0, 0.1) is 0 Å². The lowest BCUT2D eigenvalue weighted by molar-refractivity contribution is 0.0676. The molecular weight excluding hydrogens is 401 g/mol. The SMILES string of the molecule is C=C(C)c1ccc2c(c1)C(=O)N([C@@H](C)c1ccc(Cl)cc1)[C@H]2c1ccc(Cl)cc1. The molecule has 0 fully saturated rings. The predicted molar refractivity (Wildman–Crippen MR) is 120 cm³/mol. The van der Waals surface area contributed by atoms with Gasteiger partial charge >= 0.3 is 0 Å². The zero-order valence-corrected chi connectivity index (χ0v) is 17.8. The number of fused-ring (bicyclic) bond motifs is 1. The lowest BCUT2D eigenvalue weighted by atomic mass is 9.94. The number of hydrogen-bond donors (Lipinski definition) is 0. The average molecular weight is 422 g/mol. The molecule has 0 bridgehead atoms. The Morgan fingerprint density at radius 2 is 1.55 bits per heavy atom. The number of amides is 1. The van der Waals surface area contributed by atoms with Crippen molar-refractivity contribution in [1.82, 2.24) is 4.90 Å². The first-order valence-electron chi connectivity index (χ1n) is 9.50. The van der Waals surface area contributed by atoms with E-state index in [4.69, 9.17) is 23.2 Å². The van der Waals surface area contributed by atoms with Gasteiger partial charge in [0.15, 0.2) is 0 Å². The maximum Gasteiger partial charge on any atom is 0.255 e. The summed E-state index contributed by atoms with van der Waals surface area (Å²) in [5, 5.41) is 1.35. The van der Waals surface area contributed by atoms with Gasteiger partial charge in [-0.05, 0) is 66.4 Å². The first-order valence-corrected chi connectivity index (χ1v) is 10.3. The van der Waals surface area contributed by atoms with E-state index in [9.17, 15) is 4.79 Å². The average Bonchev–Trinajstić information content (AvgIpc) is 3.00. The molecule has 0 saturated heterocycles. The normalized spacial score (nSPS) is 16.6. The van der Waals surface area contributed by atoms with Gasteiger partial charge in [0.2, 0.25) is 0 Å². The van der Waals surface area contributed by atoms with Crippen LogP contribution in [0.5, 0.6) is 0 Å². The van der Waals surface area contributed by atoms with Crippen molar-refractivity contribution in [3.8, 4) is 0 Å². The molecule has 3 aromatic rings. The van der Waals surface area contributed by atoms with Gasteiger partial charge in [-0.25, -0.2) is 0 Å². The van der Waals surface area contributed by atoms with Gasteiger partial charge in [0, 0.05) is 15.6 Å². The van der Waals surface area contributed by atoms with Gasteiger partial charge < -0.3 is 4.90 Å². The van der Waals surface area contributed by atoms with Crippen molar-refractivity contribution in [2.75, 3.05) is 0 Å². The highest BCUT2D eigenvalue weighted by molar-refractivity contribution is 6.30. The van der Waals surface area contributed by atoms with E-state index in [0.717, 1.165) is 33.4 Å². The van der Waals surface area contributed by atoms with E-state index in [1.54, 1.807) is 0 Å². The Labute approximate surface area is 181 Å². The highest BCUT2D eigenvalue weighted by Gasteiger charge is 2.40. The largest absolute Gasteiger partial charge is 0.321 e. The Morgan fingerprint density at radius 3 is 2.14 bits per heavy atom. The van der Waals surface area contributed by atoms with Crippen molar-refractivity contribution in [3.05, 3.63) is 111 Å². The van der Waals surface area contributed by atoms with Gasteiger partial charge in [-0.1, -0.05) is 71.8 Å². The topological polar surface area (TPSA) is 20.3 Å². The molecule has 0 aromatic heterocycles. The molecular formula is C25H21Cl2NO. The van der Waals surface area contributed by atoms with E-state index in [-0.39, 0.29) is 18.0 Å². The van der Waals surface area contributed by atoms with Gasteiger partial charge in [0.05, 0.1) is 12.1 Å². The van der Waals surface area contributed by atoms with Crippen molar-refractivity contribution in [2.45, 2.75) is 25.9 Å². The fourth-order valence-corrected chi connectivity index (χ4v) is 4.19. The number of rotatable bonds is 4. The molecule has 1 aliphatic heterocycles. The molecule has 1 aliphatic rings. The summed E-state index contributed by atoms with van der Waals surface area (Å²) in [5.41, 5.74) is 5.72. The van der Waals surface area contributed by atoms with Crippen LogP contribution in [0.25, 0.3) is 5.57 Å². The molecule has 0 unspecified atom stereocenters. The summed E-state index contributed by atoms with van der Waals surface area (Å²) in [6, 6.07) is 21.1. The van der Waals surface area contributed by atoms with Crippen LogP contribution in [0.1, 0.15) is 58.5 Å².